The molecule has 2 rings (SSSR count). The molecule has 0 atom stereocenters. The molecule has 1 saturated heterocycles. The van der Waals surface area contributed by atoms with Crippen molar-refractivity contribution in [1.29, 1.82) is 0 Å². The molecule has 0 bridgehead atoms. The third-order valence-electron chi connectivity index (χ3n) is 2.36. The highest BCUT2D eigenvalue weighted by atomic mass is 32.2. The normalized spacial score (nSPS) is 31.2. The quantitative estimate of drug-likeness (QED) is 0.533. The second-order valence-corrected chi connectivity index (χ2v) is 4.81. The van der Waals surface area contributed by atoms with Gasteiger partial charge in [0.05, 0.1) is 6.61 Å². The molecule has 1 nitrogen and oxygen atoms in total. The lowest BCUT2D eigenvalue weighted by Gasteiger charge is -2.17. The second-order valence-electron chi connectivity index (χ2n) is 3.25. The summed E-state index contributed by atoms with van der Waals surface area (Å²) in [5.74, 6) is 1.22. The minimum Gasteiger partial charge on any atom is -0.381 e. The van der Waals surface area contributed by atoms with Gasteiger partial charge in [-0.25, -0.2) is 0 Å². The van der Waals surface area contributed by atoms with Crippen molar-refractivity contribution in [2.45, 2.75) is 30.4 Å². The van der Waals surface area contributed by atoms with Gasteiger partial charge in [-0.05, 0) is 25.7 Å². The Morgan fingerprint density at radius 1 is 1.10 bits per heavy atom. The van der Waals surface area contributed by atoms with Gasteiger partial charge >= 0.3 is 0 Å². The Bertz CT molecular complexity index is 110. The van der Waals surface area contributed by atoms with E-state index in [9.17, 15) is 0 Å². The summed E-state index contributed by atoms with van der Waals surface area (Å²) in [4.78, 5) is 0. The fraction of sp³-hybridized carbons (Fsp3) is 1.00. The molecular formula is C8H14OS. The molecule has 1 spiro atoms. The first kappa shape index (κ1) is 6.99. The fourth-order valence-electron chi connectivity index (χ4n) is 1.52. The van der Waals surface area contributed by atoms with E-state index in [1.165, 1.54) is 31.4 Å². The molecule has 1 heterocycles. The molecule has 10 heavy (non-hydrogen) atoms. The largest absolute Gasteiger partial charge is 0.381 e. The van der Waals surface area contributed by atoms with Gasteiger partial charge in [-0.3, -0.25) is 0 Å². The van der Waals surface area contributed by atoms with Crippen molar-refractivity contribution in [3.8, 4) is 0 Å². The number of hydrogen-bond donors (Lipinski definition) is 0. The van der Waals surface area contributed by atoms with Crippen LogP contribution in [-0.4, -0.2) is 23.7 Å². The summed E-state index contributed by atoms with van der Waals surface area (Å²) in [6.45, 7) is 1.98. The molecule has 0 N–H and O–H groups in total. The highest BCUT2D eigenvalue weighted by Crippen LogP contribution is 2.52. The molecule has 2 heteroatoms. The molecule has 0 radical (unpaired) electrons. The van der Waals surface area contributed by atoms with Crippen molar-refractivity contribution in [3.63, 3.8) is 0 Å². The smallest absolute Gasteiger partial charge is 0.0556 e. The Hall–Kier alpha value is 0.310. The van der Waals surface area contributed by atoms with Gasteiger partial charge in [0.2, 0.25) is 0 Å². The van der Waals surface area contributed by atoms with Gasteiger partial charge in [0.25, 0.3) is 0 Å². The average molecular weight is 158 g/mol. The van der Waals surface area contributed by atoms with Gasteiger partial charge in [-0.1, -0.05) is 0 Å². The first-order valence-electron chi connectivity index (χ1n) is 4.13. The van der Waals surface area contributed by atoms with Gasteiger partial charge in [0.15, 0.2) is 0 Å². The third-order valence-corrected chi connectivity index (χ3v) is 3.96. The van der Waals surface area contributed by atoms with Crippen LogP contribution in [0.2, 0.25) is 0 Å². The Morgan fingerprint density at radius 3 is 2.80 bits per heavy atom. The lowest BCUT2D eigenvalue weighted by Crippen LogP contribution is -2.12. The monoisotopic (exact) mass is 158 g/mol. The zero-order valence-corrected chi connectivity index (χ0v) is 7.08. The van der Waals surface area contributed by atoms with Gasteiger partial charge in [0.1, 0.15) is 0 Å². The van der Waals surface area contributed by atoms with Crippen molar-refractivity contribution in [2.75, 3.05) is 19.0 Å². The van der Waals surface area contributed by atoms with Crippen molar-refractivity contribution >= 4 is 11.8 Å². The molecule has 2 aliphatic rings. The van der Waals surface area contributed by atoms with E-state index < -0.39 is 0 Å². The summed E-state index contributed by atoms with van der Waals surface area (Å²) in [6.07, 6.45) is 5.62. The van der Waals surface area contributed by atoms with E-state index in [1.54, 1.807) is 0 Å². The van der Waals surface area contributed by atoms with Crippen LogP contribution in [-0.2, 0) is 4.74 Å². The maximum absolute atomic E-state index is 5.37. The molecule has 2 fully saturated rings. The molecule has 1 aliphatic carbocycles. The molecule has 0 amide bonds. The van der Waals surface area contributed by atoms with Crippen LogP contribution in [0.4, 0.5) is 0 Å². The standard InChI is InChI=1S/C8H14OS/c1-2-8(3-4-8)10-7-6-9-5-1/h1-7H2. The SMILES string of the molecule is C1COCCSC2(C1)CC2. The topological polar surface area (TPSA) is 9.23 Å². The van der Waals surface area contributed by atoms with Crippen LogP contribution in [0.25, 0.3) is 0 Å². The summed E-state index contributed by atoms with van der Waals surface area (Å²) < 4.78 is 6.11. The number of ether oxygens (including phenoxy) is 1. The minimum atomic E-state index is 0.740. The average Bonchev–Trinajstić information content (AvgIpc) is 2.61. The third kappa shape index (κ3) is 1.48. The fourth-order valence-corrected chi connectivity index (χ4v) is 2.84. The van der Waals surface area contributed by atoms with Crippen LogP contribution in [0.3, 0.4) is 0 Å². The molecule has 58 valence electrons. The maximum atomic E-state index is 5.37. The molecule has 0 aromatic rings. The maximum Gasteiger partial charge on any atom is 0.0556 e. The van der Waals surface area contributed by atoms with E-state index >= 15 is 0 Å². The van der Waals surface area contributed by atoms with E-state index in [2.05, 4.69) is 11.8 Å². The molecule has 0 unspecified atom stereocenters. The van der Waals surface area contributed by atoms with Crippen LogP contribution in [0.15, 0.2) is 0 Å². The first-order valence-corrected chi connectivity index (χ1v) is 5.12. The Kier molecular flexibility index (Phi) is 1.92. The minimum absolute atomic E-state index is 0.740. The predicted octanol–water partition coefficient (Wildman–Crippen LogP) is 2.06. The zero-order chi connectivity index (χ0) is 6.86. The van der Waals surface area contributed by atoms with E-state index in [-0.39, 0.29) is 0 Å². The van der Waals surface area contributed by atoms with Gasteiger partial charge in [0, 0.05) is 17.1 Å². The molecule has 0 aromatic heterocycles. The van der Waals surface area contributed by atoms with Crippen LogP contribution < -0.4 is 0 Å². The molecule has 1 aliphatic heterocycles. The Morgan fingerprint density at radius 2 is 2.00 bits per heavy atom. The Balaban J connectivity index is 1.84. The summed E-state index contributed by atoms with van der Waals surface area (Å²) >= 11 is 2.14. The number of hydrogen-bond acceptors (Lipinski definition) is 2. The lowest BCUT2D eigenvalue weighted by molar-refractivity contribution is 0.143. The number of thioether (sulfide) groups is 1. The zero-order valence-electron chi connectivity index (χ0n) is 6.27. The molecular weight excluding hydrogens is 144 g/mol. The molecule has 1 saturated carbocycles. The highest BCUT2D eigenvalue weighted by molar-refractivity contribution is 8.00. The highest BCUT2D eigenvalue weighted by Gasteiger charge is 2.42. The second kappa shape index (κ2) is 2.74. The van der Waals surface area contributed by atoms with Crippen molar-refractivity contribution in [1.82, 2.24) is 0 Å². The summed E-state index contributed by atoms with van der Waals surface area (Å²) in [5, 5.41) is 0. The van der Waals surface area contributed by atoms with Gasteiger partial charge in [-0.2, -0.15) is 11.8 Å². The van der Waals surface area contributed by atoms with E-state index in [0.717, 1.165) is 18.0 Å². The van der Waals surface area contributed by atoms with E-state index in [4.69, 9.17) is 4.74 Å². The van der Waals surface area contributed by atoms with Crippen LogP contribution in [0.1, 0.15) is 25.7 Å². The summed E-state index contributed by atoms with van der Waals surface area (Å²) in [5.41, 5.74) is 0. The summed E-state index contributed by atoms with van der Waals surface area (Å²) in [6, 6.07) is 0. The number of rotatable bonds is 0. The first-order chi connectivity index (χ1) is 4.91. The van der Waals surface area contributed by atoms with Crippen molar-refractivity contribution < 1.29 is 4.74 Å². The summed E-state index contributed by atoms with van der Waals surface area (Å²) in [7, 11) is 0. The predicted molar refractivity (Wildman–Crippen MR) is 44.5 cm³/mol. The van der Waals surface area contributed by atoms with Crippen LogP contribution in [0, 0.1) is 0 Å². The van der Waals surface area contributed by atoms with Crippen molar-refractivity contribution in [3.05, 3.63) is 0 Å². The van der Waals surface area contributed by atoms with E-state index in [1.807, 2.05) is 0 Å². The molecule has 0 aromatic carbocycles. The van der Waals surface area contributed by atoms with E-state index in [0.29, 0.717) is 0 Å². The lowest BCUT2D eigenvalue weighted by atomic mass is 10.2. The van der Waals surface area contributed by atoms with Crippen LogP contribution >= 0.6 is 11.8 Å². The van der Waals surface area contributed by atoms with Crippen molar-refractivity contribution in [2.24, 2.45) is 0 Å². The van der Waals surface area contributed by atoms with Gasteiger partial charge in [-0.15, -0.1) is 0 Å². The van der Waals surface area contributed by atoms with Crippen LogP contribution in [0.5, 0.6) is 0 Å². The van der Waals surface area contributed by atoms with Gasteiger partial charge < -0.3 is 4.74 Å². The Labute approximate surface area is 66.5 Å².